The molecule has 1 aliphatic heterocycles. The van der Waals surface area contributed by atoms with Crippen molar-refractivity contribution >= 4 is 21.9 Å². The number of nitrogens with zero attached hydrogens (tertiary/aromatic N) is 1. The molecule has 1 atom stereocenters. The highest BCUT2D eigenvalue weighted by atomic mass is 79.9. The number of ether oxygens (including phenoxy) is 2. The highest BCUT2D eigenvalue weighted by Crippen LogP contribution is 2.32. The van der Waals surface area contributed by atoms with Crippen LogP contribution in [0, 0.1) is 0 Å². The molecule has 6 heteroatoms. The van der Waals surface area contributed by atoms with Gasteiger partial charge in [0.15, 0.2) is 6.10 Å². The van der Waals surface area contributed by atoms with Gasteiger partial charge in [-0.1, -0.05) is 6.07 Å². The van der Waals surface area contributed by atoms with Crippen LogP contribution < -0.4 is 9.47 Å². The lowest BCUT2D eigenvalue weighted by atomic mass is 10.1. The smallest absolute Gasteiger partial charge is 0.345 e. The van der Waals surface area contributed by atoms with Gasteiger partial charge in [0.05, 0.1) is 5.69 Å². The summed E-state index contributed by atoms with van der Waals surface area (Å²) < 4.78 is 11.9. The maximum atomic E-state index is 10.9. The van der Waals surface area contributed by atoms with Crippen molar-refractivity contribution in [3.05, 3.63) is 52.3 Å². The van der Waals surface area contributed by atoms with Gasteiger partial charge in [0.25, 0.3) is 0 Å². The van der Waals surface area contributed by atoms with Crippen molar-refractivity contribution in [3.8, 4) is 11.5 Å². The minimum atomic E-state index is -0.951. The molecule has 0 amide bonds. The van der Waals surface area contributed by atoms with Gasteiger partial charge in [-0.15, -0.1) is 0 Å². The van der Waals surface area contributed by atoms with Crippen LogP contribution in [0.1, 0.15) is 11.3 Å². The standard InChI is InChI=1S/C15H12BrNO4/c16-10-2-3-11(17-7-10)8-20-12-4-1-9-5-14(15(18)19)21-13(9)6-12/h1-4,6-7,14H,5,8H2,(H,18,19). The Labute approximate surface area is 129 Å². The van der Waals surface area contributed by atoms with Crippen LogP contribution in [0.4, 0.5) is 0 Å². The molecular formula is C15H12BrNO4. The Hall–Kier alpha value is -2.08. The number of carbonyl (C=O) groups is 1. The Kier molecular flexibility index (Phi) is 3.79. The minimum absolute atomic E-state index is 0.342. The maximum Gasteiger partial charge on any atom is 0.345 e. The quantitative estimate of drug-likeness (QED) is 0.918. The average molecular weight is 350 g/mol. The lowest BCUT2D eigenvalue weighted by molar-refractivity contribution is -0.144. The molecule has 2 aromatic rings. The Bertz CT molecular complexity index is 672. The van der Waals surface area contributed by atoms with Crippen molar-refractivity contribution in [1.29, 1.82) is 0 Å². The van der Waals surface area contributed by atoms with Crippen LogP contribution >= 0.6 is 15.9 Å². The Morgan fingerprint density at radius 2 is 2.29 bits per heavy atom. The highest BCUT2D eigenvalue weighted by Gasteiger charge is 2.28. The molecule has 0 aliphatic carbocycles. The van der Waals surface area contributed by atoms with E-state index >= 15 is 0 Å². The third-order valence-corrected chi connectivity index (χ3v) is 3.63. The molecule has 21 heavy (non-hydrogen) atoms. The normalized spacial score (nSPS) is 16.1. The van der Waals surface area contributed by atoms with Crippen LogP contribution in [0.15, 0.2) is 41.0 Å². The number of halogens is 1. The molecule has 1 aliphatic rings. The van der Waals surface area contributed by atoms with Crippen LogP contribution in [0.2, 0.25) is 0 Å². The second kappa shape index (κ2) is 5.73. The molecule has 1 N–H and O–H groups in total. The van der Waals surface area contributed by atoms with Gasteiger partial charge in [0.2, 0.25) is 0 Å². The number of benzene rings is 1. The zero-order valence-electron chi connectivity index (χ0n) is 11.0. The van der Waals surface area contributed by atoms with E-state index in [1.54, 1.807) is 12.3 Å². The Balaban J connectivity index is 1.67. The number of pyridine rings is 1. The lowest BCUT2D eigenvalue weighted by Crippen LogP contribution is -2.24. The summed E-state index contributed by atoms with van der Waals surface area (Å²) in [5, 5.41) is 8.96. The number of fused-ring (bicyclic) bond motifs is 1. The number of aromatic nitrogens is 1. The minimum Gasteiger partial charge on any atom is -0.487 e. The van der Waals surface area contributed by atoms with E-state index in [0.29, 0.717) is 24.5 Å². The van der Waals surface area contributed by atoms with E-state index in [4.69, 9.17) is 14.6 Å². The second-order valence-corrected chi connectivity index (χ2v) is 5.59. The second-order valence-electron chi connectivity index (χ2n) is 4.67. The van der Waals surface area contributed by atoms with Crippen molar-refractivity contribution in [2.24, 2.45) is 0 Å². The summed E-state index contributed by atoms with van der Waals surface area (Å²) in [7, 11) is 0. The summed E-state index contributed by atoms with van der Waals surface area (Å²) in [4.78, 5) is 15.1. The molecule has 108 valence electrons. The molecule has 0 bridgehead atoms. The third-order valence-electron chi connectivity index (χ3n) is 3.16. The fraction of sp³-hybridized carbons (Fsp3) is 0.200. The first-order chi connectivity index (χ1) is 10.1. The van der Waals surface area contributed by atoms with Crippen LogP contribution in [-0.4, -0.2) is 22.2 Å². The summed E-state index contributed by atoms with van der Waals surface area (Å²) in [6.07, 6.45) is 1.30. The molecule has 0 saturated carbocycles. The monoisotopic (exact) mass is 349 g/mol. The van der Waals surface area contributed by atoms with Gasteiger partial charge in [0, 0.05) is 23.2 Å². The van der Waals surface area contributed by atoms with E-state index in [1.165, 1.54) is 0 Å². The van der Waals surface area contributed by atoms with Gasteiger partial charge in [-0.25, -0.2) is 4.79 Å². The third kappa shape index (κ3) is 3.16. The number of carboxylic acid groups (broad SMARTS) is 1. The zero-order chi connectivity index (χ0) is 14.8. The Morgan fingerprint density at radius 1 is 1.43 bits per heavy atom. The number of carboxylic acids is 1. The summed E-state index contributed by atoms with van der Waals surface area (Å²) in [5.74, 6) is 0.251. The topological polar surface area (TPSA) is 68.7 Å². The van der Waals surface area contributed by atoms with Crippen LogP contribution in [0.3, 0.4) is 0 Å². The van der Waals surface area contributed by atoms with E-state index in [1.807, 2.05) is 24.3 Å². The van der Waals surface area contributed by atoms with Crippen LogP contribution in [0.5, 0.6) is 11.5 Å². The van der Waals surface area contributed by atoms with Gasteiger partial charge < -0.3 is 14.6 Å². The molecule has 2 heterocycles. The lowest BCUT2D eigenvalue weighted by Gasteiger charge is -2.08. The molecule has 5 nitrogen and oxygen atoms in total. The number of aliphatic carboxylic acids is 1. The average Bonchev–Trinajstić information content (AvgIpc) is 2.90. The number of rotatable bonds is 4. The van der Waals surface area contributed by atoms with E-state index in [2.05, 4.69) is 20.9 Å². The van der Waals surface area contributed by atoms with Gasteiger partial charge in [0.1, 0.15) is 18.1 Å². The molecular weight excluding hydrogens is 338 g/mol. The summed E-state index contributed by atoms with van der Waals surface area (Å²) in [5.41, 5.74) is 1.69. The first kappa shape index (κ1) is 13.9. The van der Waals surface area contributed by atoms with Crippen molar-refractivity contribution in [2.45, 2.75) is 19.1 Å². The fourth-order valence-electron chi connectivity index (χ4n) is 2.08. The van der Waals surface area contributed by atoms with Gasteiger partial charge in [-0.2, -0.15) is 0 Å². The molecule has 1 unspecified atom stereocenters. The molecule has 1 aromatic heterocycles. The van der Waals surface area contributed by atoms with Gasteiger partial charge in [-0.05, 0) is 39.7 Å². The van der Waals surface area contributed by atoms with Crippen molar-refractivity contribution in [1.82, 2.24) is 4.98 Å². The Morgan fingerprint density at radius 3 is 3.00 bits per heavy atom. The molecule has 1 aromatic carbocycles. The van der Waals surface area contributed by atoms with Crippen molar-refractivity contribution in [3.63, 3.8) is 0 Å². The predicted molar refractivity (Wildman–Crippen MR) is 78.5 cm³/mol. The zero-order valence-corrected chi connectivity index (χ0v) is 12.5. The highest BCUT2D eigenvalue weighted by molar-refractivity contribution is 9.10. The number of hydrogen-bond acceptors (Lipinski definition) is 4. The van der Waals surface area contributed by atoms with Crippen molar-refractivity contribution in [2.75, 3.05) is 0 Å². The largest absolute Gasteiger partial charge is 0.487 e. The molecule has 3 rings (SSSR count). The molecule has 0 fully saturated rings. The van der Waals surface area contributed by atoms with Crippen molar-refractivity contribution < 1.29 is 19.4 Å². The first-order valence-electron chi connectivity index (χ1n) is 6.37. The summed E-state index contributed by atoms with van der Waals surface area (Å²) in [6.45, 7) is 0.342. The SMILES string of the molecule is O=C(O)C1Cc2ccc(OCc3ccc(Br)cn3)cc2O1. The molecule has 0 radical (unpaired) electrons. The maximum absolute atomic E-state index is 10.9. The predicted octanol–water partition coefficient (Wildman–Crippen LogP) is 2.81. The van der Waals surface area contributed by atoms with Gasteiger partial charge in [-0.3, -0.25) is 4.98 Å². The van der Waals surface area contributed by atoms with E-state index in [9.17, 15) is 4.79 Å². The van der Waals surface area contributed by atoms with Gasteiger partial charge >= 0.3 is 5.97 Å². The fourth-order valence-corrected chi connectivity index (χ4v) is 2.32. The molecule has 0 spiro atoms. The summed E-state index contributed by atoms with van der Waals surface area (Å²) in [6, 6.07) is 9.13. The van der Waals surface area contributed by atoms with Crippen LogP contribution in [-0.2, 0) is 17.8 Å². The van der Waals surface area contributed by atoms with E-state index < -0.39 is 12.1 Å². The van der Waals surface area contributed by atoms with E-state index in [0.717, 1.165) is 15.7 Å². The number of hydrogen-bond donors (Lipinski definition) is 1. The molecule has 0 saturated heterocycles. The first-order valence-corrected chi connectivity index (χ1v) is 7.17. The summed E-state index contributed by atoms with van der Waals surface area (Å²) >= 11 is 3.32. The van der Waals surface area contributed by atoms with Crippen LogP contribution in [0.25, 0.3) is 0 Å². The van der Waals surface area contributed by atoms with E-state index in [-0.39, 0.29) is 0 Å².